The summed E-state index contributed by atoms with van der Waals surface area (Å²) in [5.41, 5.74) is 0. The van der Waals surface area contributed by atoms with Gasteiger partial charge in [-0.3, -0.25) is 18.6 Å². The minimum absolute atomic E-state index is 0.0254. The topological polar surface area (TPSA) is 108 Å². The lowest BCUT2D eigenvalue weighted by Crippen LogP contribution is -2.37. The number of likely N-dealkylation sites (N-methyl/N-ethyl adjacent to an activating group) is 1. The highest BCUT2D eigenvalue weighted by atomic mass is 31.2. The van der Waals surface area contributed by atoms with Gasteiger partial charge >= 0.3 is 19.8 Å². The van der Waals surface area contributed by atoms with Crippen molar-refractivity contribution in [1.82, 2.24) is 0 Å². The lowest BCUT2D eigenvalue weighted by atomic mass is 10.0. The van der Waals surface area contributed by atoms with Gasteiger partial charge in [-0.25, -0.2) is 4.57 Å². The minimum atomic E-state index is -4.40. The molecule has 9 nitrogen and oxygen atoms in total. The molecular formula is C72H125NO8P+. The average molecular weight is 1160 g/mol. The monoisotopic (exact) mass is 1160 g/mol. The molecule has 0 aromatic heterocycles. The Labute approximate surface area is 505 Å². The Morgan fingerprint density at radius 1 is 0.390 bits per heavy atom. The molecule has 0 saturated carbocycles. The number of esters is 2. The van der Waals surface area contributed by atoms with Gasteiger partial charge in [0.05, 0.1) is 27.7 Å². The highest BCUT2D eigenvalue weighted by Gasteiger charge is 2.27. The fraction of sp³-hybridized carbons (Fsp3) is 0.694. The molecule has 0 aromatic rings. The molecule has 0 aromatic carbocycles. The van der Waals surface area contributed by atoms with Crippen LogP contribution in [0.1, 0.15) is 271 Å². The maximum Gasteiger partial charge on any atom is 0.472 e. The van der Waals surface area contributed by atoms with Crippen molar-refractivity contribution in [2.45, 2.75) is 277 Å². The van der Waals surface area contributed by atoms with Crippen LogP contribution in [-0.4, -0.2) is 74.9 Å². The standard InChI is InChI=1S/C72H124NO8P/c1-6-8-10-12-14-16-18-20-22-24-26-28-30-31-32-33-34-35-36-37-38-39-40-41-43-45-47-49-51-53-55-57-59-61-63-65-72(75)81-70(69-80-82(76,77)79-67-66-73(3,4)5)68-78-71(74)64-62-60-58-56-54-52-50-48-46-44-42-29-27-25-23-21-19-17-15-13-11-9-7-2/h8,10,14,16,19-22,25-28,31-32,34-35,37-38,40-41,70H,6-7,9,11-13,15,17-18,23-24,29-30,33,36,39,42-69H2,1-5H3/p+1/b10-8-,16-14-,21-19-,22-20-,27-25-,28-26-,32-31-,35-34-,38-37-,41-40-. The van der Waals surface area contributed by atoms with Gasteiger partial charge in [-0.2, -0.15) is 0 Å². The number of carbonyl (C=O) groups is 2. The number of allylic oxidation sites excluding steroid dienone is 20. The Morgan fingerprint density at radius 2 is 0.695 bits per heavy atom. The zero-order valence-electron chi connectivity index (χ0n) is 53.4. The van der Waals surface area contributed by atoms with Crippen molar-refractivity contribution in [3.63, 3.8) is 0 Å². The SMILES string of the molecule is CC/C=C\C/C=C\C/C=C\C/C=C\C/C=C\C/C=C\C/C=C\C/C=C\CCCCCCCCCCCCC(=O)OC(COC(=O)CCCCCCCCCCCCC/C=C\C/C=C\CCCCCCC)COP(=O)(O)OCC[N+](C)(C)C. The van der Waals surface area contributed by atoms with E-state index < -0.39 is 26.5 Å². The van der Waals surface area contributed by atoms with E-state index in [1.54, 1.807) is 0 Å². The molecule has 0 aliphatic rings. The van der Waals surface area contributed by atoms with Gasteiger partial charge in [0.2, 0.25) is 0 Å². The Hall–Kier alpha value is -3.59. The molecule has 0 heterocycles. The number of hydrogen-bond donors (Lipinski definition) is 1. The van der Waals surface area contributed by atoms with E-state index in [9.17, 15) is 19.0 Å². The molecule has 0 spiro atoms. The number of quaternary nitrogens is 1. The zero-order chi connectivity index (χ0) is 59.8. The third kappa shape index (κ3) is 65.6. The molecular weight excluding hydrogens is 1040 g/mol. The third-order valence-electron chi connectivity index (χ3n) is 14.0. The summed E-state index contributed by atoms with van der Waals surface area (Å²) >= 11 is 0. The van der Waals surface area contributed by atoms with Crippen LogP contribution in [0.15, 0.2) is 122 Å². The largest absolute Gasteiger partial charge is 0.472 e. The molecule has 0 fully saturated rings. The van der Waals surface area contributed by atoms with E-state index in [1.807, 2.05) is 21.1 Å². The van der Waals surface area contributed by atoms with Gasteiger partial charge in [0.1, 0.15) is 19.8 Å². The number of nitrogens with zero attached hydrogens (tertiary/aromatic N) is 1. The summed E-state index contributed by atoms with van der Waals surface area (Å²) in [7, 11) is 1.46. The van der Waals surface area contributed by atoms with E-state index in [0.717, 1.165) is 103 Å². The predicted octanol–water partition coefficient (Wildman–Crippen LogP) is 21.5. The first kappa shape index (κ1) is 78.4. The number of phosphoric ester groups is 1. The smallest absolute Gasteiger partial charge is 0.462 e. The minimum Gasteiger partial charge on any atom is -0.462 e. The molecule has 10 heteroatoms. The Kier molecular flexibility index (Phi) is 59.2. The van der Waals surface area contributed by atoms with Gasteiger partial charge in [0.15, 0.2) is 6.10 Å². The second-order valence-electron chi connectivity index (χ2n) is 23.1. The molecule has 0 aliphatic carbocycles. The van der Waals surface area contributed by atoms with E-state index in [-0.39, 0.29) is 32.0 Å². The van der Waals surface area contributed by atoms with Crippen LogP contribution in [0.3, 0.4) is 0 Å². The van der Waals surface area contributed by atoms with Crippen LogP contribution in [0.5, 0.6) is 0 Å². The van der Waals surface area contributed by atoms with Crippen LogP contribution in [-0.2, 0) is 32.7 Å². The highest BCUT2D eigenvalue weighted by Crippen LogP contribution is 2.43. The number of hydrogen-bond acceptors (Lipinski definition) is 7. The number of carbonyl (C=O) groups excluding carboxylic acids is 2. The first-order chi connectivity index (χ1) is 40.0. The van der Waals surface area contributed by atoms with Crippen LogP contribution in [0.25, 0.3) is 0 Å². The van der Waals surface area contributed by atoms with Crippen molar-refractivity contribution in [2.24, 2.45) is 0 Å². The van der Waals surface area contributed by atoms with E-state index in [0.29, 0.717) is 17.4 Å². The van der Waals surface area contributed by atoms with Gasteiger partial charge in [0, 0.05) is 12.8 Å². The van der Waals surface area contributed by atoms with Crippen molar-refractivity contribution in [3.05, 3.63) is 122 Å². The van der Waals surface area contributed by atoms with Gasteiger partial charge in [0.25, 0.3) is 0 Å². The van der Waals surface area contributed by atoms with Crippen molar-refractivity contribution in [1.29, 1.82) is 0 Å². The molecule has 0 saturated heterocycles. The molecule has 0 radical (unpaired) electrons. The summed E-state index contributed by atoms with van der Waals surface area (Å²) in [4.78, 5) is 35.8. The molecule has 470 valence electrons. The summed E-state index contributed by atoms with van der Waals surface area (Å²) in [5.74, 6) is -0.805. The normalized spacial score (nSPS) is 14.0. The summed E-state index contributed by atoms with van der Waals surface area (Å²) in [6.07, 6.45) is 88.5. The molecule has 0 amide bonds. The van der Waals surface area contributed by atoms with E-state index >= 15 is 0 Å². The average Bonchev–Trinajstić information content (AvgIpc) is 3.45. The molecule has 82 heavy (non-hydrogen) atoms. The zero-order valence-corrected chi connectivity index (χ0v) is 54.3. The third-order valence-corrected chi connectivity index (χ3v) is 15.0. The number of phosphoric acid groups is 1. The Morgan fingerprint density at radius 3 is 1.04 bits per heavy atom. The van der Waals surface area contributed by atoms with Crippen molar-refractivity contribution < 1.29 is 42.1 Å². The van der Waals surface area contributed by atoms with Crippen LogP contribution < -0.4 is 0 Å². The lowest BCUT2D eigenvalue weighted by Gasteiger charge is -2.24. The molecule has 2 unspecified atom stereocenters. The number of unbranched alkanes of at least 4 members (excludes halogenated alkanes) is 26. The fourth-order valence-electron chi connectivity index (χ4n) is 8.89. The van der Waals surface area contributed by atoms with Gasteiger partial charge in [-0.1, -0.05) is 270 Å². The van der Waals surface area contributed by atoms with Gasteiger partial charge < -0.3 is 18.9 Å². The molecule has 1 N–H and O–H groups in total. The molecule has 0 bridgehead atoms. The first-order valence-corrected chi connectivity index (χ1v) is 34.8. The van der Waals surface area contributed by atoms with E-state index in [1.165, 1.54) is 135 Å². The second-order valence-corrected chi connectivity index (χ2v) is 24.6. The first-order valence-electron chi connectivity index (χ1n) is 33.3. The molecule has 0 rings (SSSR count). The van der Waals surface area contributed by atoms with Crippen LogP contribution in [0.2, 0.25) is 0 Å². The summed E-state index contributed by atoms with van der Waals surface area (Å²) in [6.45, 7) is 4.31. The maximum atomic E-state index is 12.9. The van der Waals surface area contributed by atoms with Crippen molar-refractivity contribution >= 4 is 19.8 Å². The number of ether oxygens (including phenoxy) is 2. The van der Waals surface area contributed by atoms with Gasteiger partial charge in [-0.05, 0) is 109 Å². The quantitative estimate of drug-likeness (QED) is 0.0211. The second kappa shape index (κ2) is 62.0. The molecule has 2 atom stereocenters. The number of rotatable bonds is 60. The van der Waals surface area contributed by atoms with Crippen molar-refractivity contribution in [2.75, 3.05) is 47.5 Å². The lowest BCUT2D eigenvalue weighted by molar-refractivity contribution is -0.870. The Bertz CT molecular complexity index is 1800. The predicted molar refractivity (Wildman–Crippen MR) is 353 cm³/mol. The molecule has 0 aliphatic heterocycles. The van der Waals surface area contributed by atoms with Gasteiger partial charge in [-0.15, -0.1) is 0 Å². The summed E-state index contributed by atoms with van der Waals surface area (Å²) in [5, 5.41) is 0. The fourth-order valence-corrected chi connectivity index (χ4v) is 9.63. The summed E-state index contributed by atoms with van der Waals surface area (Å²) < 4.78 is 34.7. The Balaban J connectivity index is 4.13. The highest BCUT2D eigenvalue weighted by molar-refractivity contribution is 7.47. The summed E-state index contributed by atoms with van der Waals surface area (Å²) in [6, 6.07) is 0. The van der Waals surface area contributed by atoms with E-state index in [2.05, 4.69) is 135 Å². The maximum absolute atomic E-state index is 12.9. The van der Waals surface area contributed by atoms with Crippen LogP contribution >= 0.6 is 7.82 Å². The van der Waals surface area contributed by atoms with Crippen LogP contribution in [0, 0.1) is 0 Å². The van der Waals surface area contributed by atoms with Crippen LogP contribution in [0.4, 0.5) is 0 Å². The van der Waals surface area contributed by atoms with E-state index in [4.69, 9.17) is 18.5 Å². The van der Waals surface area contributed by atoms with Crippen molar-refractivity contribution in [3.8, 4) is 0 Å².